The van der Waals surface area contributed by atoms with Crippen LogP contribution in [0.4, 0.5) is 5.95 Å². The number of aromatic amines is 2. The lowest BCUT2D eigenvalue weighted by molar-refractivity contribution is -0.148. The summed E-state index contributed by atoms with van der Waals surface area (Å²) in [7, 11) is 0. The molecular formula is C25H25N5O9. The van der Waals surface area contributed by atoms with E-state index in [1.54, 1.807) is 30.5 Å². The summed E-state index contributed by atoms with van der Waals surface area (Å²) >= 11 is 0. The zero-order chi connectivity index (χ0) is 28.1. The topological polar surface area (TPSA) is 224 Å². The molecule has 0 spiro atoms. The highest BCUT2D eigenvalue weighted by atomic mass is 16.6. The van der Waals surface area contributed by atoms with Crippen molar-refractivity contribution in [2.75, 3.05) is 5.73 Å². The van der Waals surface area contributed by atoms with Gasteiger partial charge in [-0.1, -0.05) is 12.1 Å². The van der Waals surface area contributed by atoms with Crippen molar-refractivity contribution >= 4 is 34.8 Å². The van der Waals surface area contributed by atoms with Crippen molar-refractivity contribution in [1.29, 1.82) is 0 Å². The average molecular weight is 540 g/mol. The number of aliphatic carboxylic acids is 1. The highest BCUT2D eigenvalue weighted by molar-refractivity contribution is 5.96. The molecule has 0 fully saturated rings. The van der Waals surface area contributed by atoms with Gasteiger partial charge in [0.15, 0.2) is 18.1 Å². The maximum atomic E-state index is 12.8. The monoisotopic (exact) mass is 539 g/mol. The minimum Gasteiger partial charge on any atom is -0.481 e. The van der Waals surface area contributed by atoms with Crippen LogP contribution in [-0.4, -0.2) is 43.9 Å². The number of nitrogen functional groups attached to an aromatic ring is 1. The second-order valence-corrected chi connectivity index (χ2v) is 8.69. The van der Waals surface area contributed by atoms with Gasteiger partial charge in [-0.3, -0.25) is 19.4 Å². The van der Waals surface area contributed by atoms with Crippen LogP contribution in [0.25, 0.3) is 11.0 Å². The Morgan fingerprint density at radius 3 is 2.56 bits per heavy atom. The lowest BCUT2D eigenvalue weighted by Gasteiger charge is -2.17. The van der Waals surface area contributed by atoms with E-state index in [0.717, 1.165) is 11.1 Å². The van der Waals surface area contributed by atoms with Crippen LogP contribution < -0.4 is 22.4 Å². The Bertz CT molecular complexity index is 1630. The molecule has 6 N–H and O–H groups in total. The SMILES string of the molecule is Cc1oc(=O)oc1COC(=O)[C@H](CCC(=O)O)NC(=O)c1ccc(CCc2c[nH]c3nc(N)[nH]c(=O)c23)cc1. The number of aryl methyl sites for hydroxylation is 3. The summed E-state index contributed by atoms with van der Waals surface area (Å²) in [5.74, 6) is -3.44. The van der Waals surface area contributed by atoms with Crippen LogP contribution >= 0.6 is 0 Å². The molecule has 14 nitrogen and oxygen atoms in total. The average Bonchev–Trinajstić information content (AvgIpc) is 3.45. The Morgan fingerprint density at radius 2 is 1.90 bits per heavy atom. The van der Waals surface area contributed by atoms with Crippen molar-refractivity contribution in [3.05, 3.63) is 79.6 Å². The Hall–Kier alpha value is -5.14. The Labute approximate surface area is 219 Å². The zero-order valence-electron chi connectivity index (χ0n) is 20.7. The highest BCUT2D eigenvalue weighted by Crippen LogP contribution is 2.16. The number of aromatic nitrogens is 3. The number of rotatable bonds is 11. The summed E-state index contributed by atoms with van der Waals surface area (Å²) in [6.07, 6.45) is 2.19. The van der Waals surface area contributed by atoms with Crippen molar-refractivity contribution in [2.45, 2.75) is 45.3 Å². The maximum absolute atomic E-state index is 12.8. The summed E-state index contributed by atoms with van der Waals surface area (Å²) in [5.41, 5.74) is 7.54. The lowest BCUT2D eigenvalue weighted by Crippen LogP contribution is -2.42. The van der Waals surface area contributed by atoms with Crippen molar-refractivity contribution in [3.63, 3.8) is 0 Å². The summed E-state index contributed by atoms with van der Waals surface area (Å²) in [6, 6.07) is 5.35. The summed E-state index contributed by atoms with van der Waals surface area (Å²) in [5, 5.41) is 12.0. The first kappa shape index (κ1) is 26.9. The van der Waals surface area contributed by atoms with E-state index in [9.17, 15) is 24.0 Å². The van der Waals surface area contributed by atoms with Crippen molar-refractivity contribution in [3.8, 4) is 0 Å². The van der Waals surface area contributed by atoms with Gasteiger partial charge in [0.25, 0.3) is 11.5 Å². The first-order valence-electron chi connectivity index (χ1n) is 11.8. The molecule has 0 aliphatic rings. The van der Waals surface area contributed by atoms with Crippen molar-refractivity contribution in [1.82, 2.24) is 20.3 Å². The minimum absolute atomic E-state index is 0.00452. The van der Waals surface area contributed by atoms with Crippen LogP contribution in [0.1, 0.15) is 45.8 Å². The number of hydrogen-bond donors (Lipinski definition) is 5. The number of ether oxygens (including phenoxy) is 1. The number of nitrogens with two attached hydrogens (primary N) is 1. The van der Waals surface area contributed by atoms with Crippen LogP contribution in [0.5, 0.6) is 0 Å². The molecule has 0 radical (unpaired) electrons. The van der Waals surface area contributed by atoms with Gasteiger partial charge in [-0.2, -0.15) is 4.98 Å². The second kappa shape index (κ2) is 11.5. The fraction of sp³-hybridized carbons (Fsp3) is 0.280. The van der Waals surface area contributed by atoms with Crippen LogP contribution in [-0.2, 0) is 33.8 Å². The molecule has 0 aliphatic heterocycles. The number of carboxylic acids is 1. The van der Waals surface area contributed by atoms with Crippen LogP contribution in [0, 0.1) is 6.92 Å². The quantitative estimate of drug-likeness (QED) is 0.170. The molecule has 14 heteroatoms. The third-order valence-corrected chi connectivity index (χ3v) is 5.96. The van der Waals surface area contributed by atoms with E-state index in [4.69, 9.17) is 24.4 Å². The number of anilines is 1. The molecule has 0 saturated carbocycles. The predicted octanol–water partition coefficient (Wildman–Crippen LogP) is 1.18. The van der Waals surface area contributed by atoms with Gasteiger partial charge in [0.1, 0.15) is 11.7 Å². The molecule has 4 rings (SSSR count). The molecule has 39 heavy (non-hydrogen) atoms. The minimum atomic E-state index is -1.25. The number of nitrogens with zero attached hydrogens (tertiary/aromatic N) is 1. The molecule has 3 heterocycles. The van der Waals surface area contributed by atoms with Crippen LogP contribution in [0.15, 0.2) is 48.9 Å². The fourth-order valence-electron chi connectivity index (χ4n) is 3.92. The largest absolute Gasteiger partial charge is 0.519 e. The van der Waals surface area contributed by atoms with Crippen LogP contribution in [0.3, 0.4) is 0 Å². The third kappa shape index (κ3) is 6.60. The molecule has 1 atom stereocenters. The molecule has 204 valence electrons. The fourth-order valence-corrected chi connectivity index (χ4v) is 3.92. The first-order valence-corrected chi connectivity index (χ1v) is 11.8. The first-order chi connectivity index (χ1) is 18.6. The number of amides is 1. The predicted molar refractivity (Wildman–Crippen MR) is 135 cm³/mol. The zero-order valence-corrected chi connectivity index (χ0v) is 20.7. The smallest absolute Gasteiger partial charge is 0.481 e. The highest BCUT2D eigenvalue weighted by Gasteiger charge is 2.25. The number of nitrogens with one attached hydrogen (secondary N) is 3. The molecule has 4 aromatic rings. The number of fused-ring (bicyclic) bond motifs is 1. The van der Waals surface area contributed by atoms with Crippen LogP contribution in [0.2, 0.25) is 0 Å². The molecule has 0 bridgehead atoms. The number of carbonyl (C=O) groups excluding carboxylic acids is 2. The summed E-state index contributed by atoms with van der Waals surface area (Å²) in [6.45, 7) is 1.03. The van der Waals surface area contributed by atoms with Crippen molar-refractivity contribution < 1.29 is 33.1 Å². The molecule has 0 saturated heterocycles. The number of esters is 1. The van der Waals surface area contributed by atoms with Crippen molar-refractivity contribution in [2.24, 2.45) is 0 Å². The summed E-state index contributed by atoms with van der Waals surface area (Å²) in [4.78, 5) is 69.3. The van der Waals surface area contributed by atoms with Gasteiger partial charge >= 0.3 is 17.8 Å². The number of carboxylic acid groups (broad SMARTS) is 1. The standard InChI is InChI=1S/C25H25N5O9/c1-12-17(39-25(36)38-12)11-37-23(35)16(8-9-18(31)32)28-21(33)14-5-2-13(3-6-14)4-7-15-10-27-20-19(15)22(34)30-24(26)29-20/h2-3,5-6,10,16H,4,7-9,11H2,1H3,(H,28,33)(H,31,32)(H4,26,27,29,30,34)/t16-/m0/s1. The molecule has 0 aliphatic carbocycles. The van der Waals surface area contributed by atoms with E-state index < -0.39 is 42.7 Å². The van der Waals surface area contributed by atoms with Gasteiger partial charge in [-0.25, -0.2) is 9.59 Å². The van der Waals surface area contributed by atoms with Gasteiger partial charge in [0.2, 0.25) is 5.95 Å². The van der Waals surface area contributed by atoms with E-state index in [1.165, 1.54) is 6.92 Å². The molecule has 1 aromatic carbocycles. The number of carbonyl (C=O) groups is 3. The van der Waals surface area contributed by atoms with E-state index in [2.05, 4.69) is 20.3 Å². The molecule has 0 unspecified atom stereocenters. The van der Waals surface area contributed by atoms with E-state index in [1.807, 2.05) is 0 Å². The van der Waals surface area contributed by atoms with Gasteiger partial charge in [0.05, 0.1) is 5.39 Å². The Balaban J connectivity index is 1.38. The molecular weight excluding hydrogens is 514 g/mol. The van der Waals surface area contributed by atoms with E-state index in [-0.39, 0.29) is 35.0 Å². The molecule has 1 amide bonds. The Morgan fingerprint density at radius 1 is 1.15 bits per heavy atom. The summed E-state index contributed by atoms with van der Waals surface area (Å²) < 4.78 is 14.6. The van der Waals surface area contributed by atoms with Gasteiger partial charge in [-0.15, -0.1) is 0 Å². The van der Waals surface area contributed by atoms with E-state index >= 15 is 0 Å². The lowest BCUT2D eigenvalue weighted by atomic mass is 10.0. The second-order valence-electron chi connectivity index (χ2n) is 8.69. The third-order valence-electron chi connectivity index (χ3n) is 5.96. The van der Waals surface area contributed by atoms with Gasteiger partial charge < -0.3 is 34.7 Å². The maximum Gasteiger partial charge on any atom is 0.519 e. The van der Waals surface area contributed by atoms with Gasteiger partial charge in [0, 0.05) is 18.2 Å². The number of hydrogen-bond acceptors (Lipinski definition) is 10. The molecule has 3 aromatic heterocycles. The van der Waals surface area contributed by atoms with E-state index in [0.29, 0.717) is 23.9 Å². The normalized spacial score (nSPS) is 11.8. The Kier molecular flexibility index (Phi) is 7.93. The number of H-pyrrole nitrogens is 2. The van der Waals surface area contributed by atoms with Gasteiger partial charge in [-0.05, 0) is 49.4 Å². The number of benzene rings is 1.